The van der Waals surface area contributed by atoms with Crippen molar-refractivity contribution in [2.24, 2.45) is 4.99 Å². The number of nitrogens with zero attached hydrogens (tertiary/aromatic N) is 1. The molecule has 1 saturated heterocycles. The molecule has 0 radical (unpaired) electrons. The molecule has 1 fully saturated rings. The van der Waals surface area contributed by atoms with Crippen molar-refractivity contribution < 1.29 is 14.2 Å². The van der Waals surface area contributed by atoms with Gasteiger partial charge in [0.15, 0.2) is 17.5 Å². The van der Waals surface area contributed by atoms with Crippen molar-refractivity contribution in [2.75, 3.05) is 19.7 Å². The number of benzene rings is 1. The van der Waals surface area contributed by atoms with Crippen molar-refractivity contribution in [3.05, 3.63) is 29.6 Å². The number of guanidine groups is 1. The Morgan fingerprint density at radius 2 is 2.22 bits per heavy atom. The molecule has 1 aliphatic rings. The van der Waals surface area contributed by atoms with Gasteiger partial charge in [0, 0.05) is 19.7 Å². The summed E-state index contributed by atoms with van der Waals surface area (Å²) in [6.45, 7) is 6.65. The van der Waals surface area contributed by atoms with Crippen LogP contribution in [0.3, 0.4) is 0 Å². The van der Waals surface area contributed by atoms with Crippen LogP contribution in [0.2, 0.25) is 0 Å². The Morgan fingerprint density at radius 3 is 2.83 bits per heavy atom. The molecule has 0 spiro atoms. The van der Waals surface area contributed by atoms with Crippen molar-refractivity contribution in [3.8, 4) is 5.75 Å². The molecule has 1 atom stereocenters. The van der Waals surface area contributed by atoms with Crippen molar-refractivity contribution in [1.82, 2.24) is 10.6 Å². The normalized spacial score (nSPS) is 20.9. The molecule has 1 aliphatic heterocycles. The number of aliphatic imine (C=N–C) groups is 1. The lowest BCUT2D eigenvalue weighted by atomic mass is 10.0. The lowest BCUT2D eigenvalue weighted by Crippen LogP contribution is -2.45. The molecule has 1 heterocycles. The molecule has 0 aromatic heterocycles. The van der Waals surface area contributed by atoms with Gasteiger partial charge in [-0.05, 0) is 44.4 Å². The first-order valence-electron chi connectivity index (χ1n) is 7.66. The van der Waals surface area contributed by atoms with Gasteiger partial charge in [0.2, 0.25) is 0 Å². The molecule has 0 amide bonds. The molecular formula is C16H25FIN3O2. The summed E-state index contributed by atoms with van der Waals surface area (Å²) in [4.78, 5) is 4.44. The predicted octanol–water partition coefficient (Wildman–Crippen LogP) is 2.77. The van der Waals surface area contributed by atoms with E-state index < -0.39 is 5.82 Å². The maximum absolute atomic E-state index is 13.3. The van der Waals surface area contributed by atoms with Crippen molar-refractivity contribution in [1.29, 1.82) is 0 Å². The van der Waals surface area contributed by atoms with Crippen LogP contribution in [0.25, 0.3) is 0 Å². The van der Waals surface area contributed by atoms with E-state index in [1.165, 1.54) is 12.1 Å². The summed E-state index contributed by atoms with van der Waals surface area (Å²) < 4.78 is 19.0. The van der Waals surface area contributed by atoms with Crippen LogP contribution in [0.15, 0.2) is 23.2 Å². The second kappa shape index (κ2) is 9.27. The number of halogens is 2. The fraction of sp³-hybridized carbons (Fsp3) is 0.562. The second-order valence-corrected chi connectivity index (χ2v) is 5.74. The molecule has 3 N–H and O–H groups in total. The Hall–Kier alpha value is -1.09. The average Bonchev–Trinajstić information content (AvgIpc) is 2.93. The van der Waals surface area contributed by atoms with Gasteiger partial charge in [-0.2, -0.15) is 0 Å². The molecule has 23 heavy (non-hydrogen) atoms. The highest BCUT2D eigenvalue weighted by atomic mass is 127. The van der Waals surface area contributed by atoms with Crippen LogP contribution in [0.1, 0.15) is 32.3 Å². The van der Waals surface area contributed by atoms with E-state index in [1.807, 2.05) is 6.92 Å². The molecule has 1 aromatic rings. The zero-order valence-electron chi connectivity index (χ0n) is 13.6. The third kappa shape index (κ3) is 6.14. The van der Waals surface area contributed by atoms with Gasteiger partial charge >= 0.3 is 0 Å². The maximum atomic E-state index is 13.3. The Kier molecular flexibility index (Phi) is 8.04. The van der Waals surface area contributed by atoms with Gasteiger partial charge in [-0.1, -0.05) is 6.07 Å². The monoisotopic (exact) mass is 437 g/mol. The Bertz CT molecular complexity index is 534. The van der Waals surface area contributed by atoms with Crippen LogP contribution in [-0.2, 0) is 11.3 Å². The second-order valence-electron chi connectivity index (χ2n) is 5.74. The van der Waals surface area contributed by atoms with Crippen LogP contribution in [0.4, 0.5) is 4.39 Å². The van der Waals surface area contributed by atoms with Crippen LogP contribution in [-0.4, -0.2) is 36.4 Å². The van der Waals surface area contributed by atoms with E-state index in [0.717, 1.165) is 26.0 Å². The van der Waals surface area contributed by atoms with E-state index in [-0.39, 0.29) is 35.3 Å². The van der Waals surface area contributed by atoms with Crippen LogP contribution >= 0.6 is 24.0 Å². The van der Waals surface area contributed by atoms with Gasteiger partial charge in [-0.25, -0.2) is 9.38 Å². The van der Waals surface area contributed by atoms with Gasteiger partial charge in [0.05, 0.1) is 12.1 Å². The number of hydrogen-bond donors (Lipinski definition) is 3. The molecule has 0 bridgehead atoms. The molecule has 7 heteroatoms. The summed E-state index contributed by atoms with van der Waals surface area (Å²) in [6.07, 6.45) is 2.11. The minimum absolute atomic E-state index is 0. The van der Waals surface area contributed by atoms with E-state index >= 15 is 0 Å². The van der Waals surface area contributed by atoms with E-state index in [1.54, 1.807) is 6.07 Å². The van der Waals surface area contributed by atoms with E-state index in [4.69, 9.17) is 4.74 Å². The highest BCUT2D eigenvalue weighted by molar-refractivity contribution is 14.0. The first-order chi connectivity index (χ1) is 10.5. The number of phenolic OH excluding ortho intramolecular Hbond substituents is 1. The largest absolute Gasteiger partial charge is 0.505 e. The Balaban J connectivity index is 0.00000264. The van der Waals surface area contributed by atoms with Crippen LogP contribution in [0.5, 0.6) is 5.75 Å². The van der Waals surface area contributed by atoms with Gasteiger partial charge in [-0.3, -0.25) is 0 Å². The number of aromatic hydroxyl groups is 1. The van der Waals surface area contributed by atoms with Crippen molar-refractivity contribution in [3.63, 3.8) is 0 Å². The fourth-order valence-corrected chi connectivity index (χ4v) is 2.41. The van der Waals surface area contributed by atoms with Gasteiger partial charge < -0.3 is 20.5 Å². The summed E-state index contributed by atoms with van der Waals surface area (Å²) in [7, 11) is 0. The first kappa shape index (κ1) is 20.0. The van der Waals surface area contributed by atoms with Gasteiger partial charge in [0.1, 0.15) is 0 Å². The lowest BCUT2D eigenvalue weighted by Gasteiger charge is -2.24. The molecule has 0 aliphatic carbocycles. The van der Waals surface area contributed by atoms with E-state index in [0.29, 0.717) is 24.6 Å². The smallest absolute Gasteiger partial charge is 0.191 e. The molecule has 2 rings (SSSR count). The summed E-state index contributed by atoms with van der Waals surface area (Å²) in [5, 5.41) is 15.6. The fourth-order valence-electron chi connectivity index (χ4n) is 2.41. The maximum Gasteiger partial charge on any atom is 0.191 e. The third-order valence-corrected chi connectivity index (χ3v) is 3.71. The lowest BCUT2D eigenvalue weighted by molar-refractivity contribution is 0.0243. The number of ether oxygens (including phenoxy) is 1. The first-order valence-corrected chi connectivity index (χ1v) is 7.66. The number of hydrogen-bond acceptors (Lipinski definition) is 3. The number of phenols is 1. The molecular weight excluding hydrogens is 412 g/mol. The van der Waals surface area contributed by atoms with E-state index in [9.17, 15) is 9.50 Å². The number of nitrogens with one attached hydrogen (secondary N) is 2. The van der Waals surface area contributed by atoms with Crippen LogP contribution in [0, 0.1) is 5.82 Å². The Morgan fingerprint density at radius 1 is 1.43 bits per heavy atom. The zero-order chi connectivity index (χ0) is 16.0. The van der Waals surface area contributed by atoms with Crippen molar-refractivity contribution >= 4 is 29.9 Å². The SMILES string of the molecule is CCNC(=NCc1ccc(O)c(F)c1)NCC1(C)CCCO1.I. The summed E-state index contributed by atoms with van der Waals surface area (Å²) >= 11 is 0. The number of rotatable bonds is 5. The third-order valence-electron chi connectivity index (χ3n) is 3.71. The van der Waals surface area contributed by atoms with Crippen LogP contribution < -0.4 is 10.6 Å². The summed E-state index contributed by atoms with van der Waals surface area (Å²) in [6, 6.07) is 4.30. The molecule has 1 unspecified atom stereocenters. The van der Waals surface area contributed by atoms with Gasteiger partial charge in [-0.15, -0.1) is 24.0 Å². The minimum Gasteiger partial charge on any atom is -0.505 e. The zero-order valence-corrected chi connectivity index (χ0v) is 15.9. The molecule has 1 aromatic carbocycles. The molecule has 0 saturated carbocycles. The standard InChI is InChI=1S/C16H24FN3O2.HI/c1-3-18-15(20-11-16(2)7-4-8-22-16)19-10-12-5-6-14(21)13(17)9-12;/h5-6,9,21H,3-4,7-8,10-11H2,1-2H3,(H2,18,19,20);1H. The highest BCUT2D eigenvalue weighted by Gasteiger charge is 2.29. The van der Waals surface area contributed by atoms with Crippen molar-refractivity contribution in [2.45, 2.75) is 38.8 Å². The Labute approximate surface area is 153 Å². The summed E-state index contributed by atoms with van der Waals surface area (Å²) in [5.74, 6) is -0.297. The average molecular weight is 437 g/mol. The van der Waals surface area contributed by atoms with Gasteiger partial charge in [0.25, 0.3) is 0 Å². The quantitative estimate of drug-likeness (QED) is 0.377. The van der Waals surface area contributed by atoms with E-state index in [2.05, 4.69) is 22.5 Å². The minimum atomic E-state index is -0.627. The highest BCUT2D eigenvalue weighted by Crippen LogP contribution is 2.23. The predicted molar refractivity (Wildman–Crippen MR) is 99.9 cm³/mol. The topological polar surface area (TPSA) is 65.9 Å². The summed E-state index contributed by atoms with van der Waals surface area (Å²) in [5.41, 5.74) is 0.553. The molecule has 5 nitrogen and oxygen atoms in total. The molecule has 130 valence electrons.